The lowest BCUT2D eigenvalue weighted by Gasteiger charge is -2.36. The SMILES string of the molecule is CCc1noc(C(C)N2CCN(CC(=O)Nc3ccccc3)CC2)n1. The number of nitrogens with one attached hydrogen (secondary N) is 1. The number of benzene rings is 1. The molecule has 0 bridgehead atoms. The average molecular weight is 343 g/mol. The molecule has 1 fully saturated rings. The molecule has 0 spiro atoms. The van der Waals surface area contributed by atoms with E-state index in [9.17, 15) is 4.79 Å². The number of piperazine rings is 1. The number of anilines is 1. The molecule has 2 heterocycles. The first kappa shape index (κ1) is 17.6. The van der Waals surface area contributed by atoms with E-state index in [1.165, 1.54) is 0 Å². The van der Waals surface area contributed by atoms with Gasteiger partial charge < -0.3 is 9.84 Å². The summed E-state index contributed by atoms with van der Waals surface area (Å²) < 4.78 is 5.35. The van der Waals surface area contributed by atoms with E-state index in [-0.39, 0.29) is 11.9 Å². The smallest absolute Gasteiger partial charge is 0.243 e. The van der Waals surface area contributed by atoms with Crippen LogP contribution in [0.5, 0.6) is 0 Å². The molecule has 1 aliphatic rings. The lowest BCUT2D eigenvalue weighted by atomic mass is 10.2. The van der Waals surface area contributed by atoms with Crippen molar-refractivity contribution in [2.45, 2.75) is 26.3 Å². The molecule has 1 saturated heterocycles. The Morgan fingerprint density at radius 2 is 1.96 bits per heavy atom. The maximum atomic E-state index is 12.2. The first-order valence-electron chi connectivity index (χ1n) is 8.79. The monoisotopic (exact) mass is 343 g/mol. The Kier molecular flexibility index (Phi) is 5.78. The van der Waals surface area contributed by atoms with E-state index in [1.54, 1.807) is 0 Å². The third-order valence-electron chi connectivity index (χ3n) is 4.54. The second-order valence-electron chi connectivity index (χ2n) is 6.30. The molecule has 0 saturated carbocycles. The van der Waals surface area contributed by atoms with E-state index in [2.05, 4.69) is 32.2 Å². The molecule has 0 radical (unpaired) electrons. The highest BCUT2D eigenvalue weighted by molar-refractivity contribution is 5.92. The number of rotatable bonds is 6. The number of hydrogen-bond acceptors (Lipinski definition) is 6. The largest absolute Gasteiger partial charge is 0.338 e. The molecule has 1 amide bonds. The van der Waals surface area contributed by atoms with Crippen molar-refractivity contribution in [2.24, 2.45) is 0 Å². The number of carbonyl (C=O) groups excluding carboxylic acids is 1. The van der Waals surface area contributed by atoms with Crippen LogP contribution in [-0.4, -0.2) is 58.6 Å². The third-order valence-corrected chi connectivity index (χ3v) is 4.54. The van der Waals surface area contributed by atoms with Gasteiger partial charge in [-0.1, -0.05) is 30.3 Å². The molecule has 7 heteroatoms. The van der Waals surface area contributed by atoms with Gasteiger partial charge in [0.25, 0.3) is 0 Å². The number of amides is 1. The van der Waals surface area contributed by atoms with E-state index in [1.807, 2.05) is 37.3 Å². The summed E-state index contributed by atoms with van der Waals surface area (Å²) in [5, 5.41) is 6.90. The number of aromatic nitrogens is 2. The maximum absolute atomic E-state index is 12.2. The van der Waals surface area contributed by atoms with Crippen LogP contribution in [0.4, 0.5) is 5.69 Å². The van der Waals surface area contributed by atoms with Gasteiger partial charge in [-0.3, -0.25) is 14.6 Å². The molecule has 1 unspecified atom stereocenters. The summed E-state index contributed by atoms with van der Waals surface area (Å²) in [4.78, 5) is 21.1. The van der Waals surface area contributed by atoms with Crippen LogP contribution in [0.2, 0.25) is 0 Å². The highest BCUT2D eigenvalue weighted by atomic mass is 16.5. The molecule has 0 aliphatic carbocycles. The summed E-state index contributed by atoms with van der Waals surface area (Å²) in [5.74, 6) is 1.45. The second-order valence-corrected chi connectivity index (χ2v) is 6.30. The van der Waals surface area contributed by atoms with Gasteiger partial charge in [-0.2, -0.15) is 4.98 Å². The minimum absolute atomic E-state index is 0.0252. The van der Waals surface area contributed by atoms with E-state index in [0.29, 0.717) is 12.4 Å². The highest BCUT2D eigenvalue weighted by Gasteiger charge is 2.26. The normalized spacial score (nSPS) is 17.4. The Bertz CT molecular complexity index is 680. The Morgan fingerprint density at radius 3 is 2.60 bits per heavy atom. The molecular formula is C18H25N5O2. The quantitative estimate of drug-likeness (QED) is 0.864. The first-order valence-corrected chi connectivity index (χ1v) is 8.79. The molecule has 1 aliphatic heterocycles. The Balaban J connectivity index is 1.46. The van der Waals surface area contributed by atoms with Crippen LogP contribution in [0.25, 0.3) is 0 Å². The van der Waals surface area contributed by atoms with E-state index < -0.39 is 0 Å². The minimum atomic E-state index is 0.0252. The molecule has 3 rings (SSSR count). The third kappa shape index (κ3) is 4.64. The van der Waals surface area contributed by atoms with Gasteiger partial charge in [0.15, 0.2) is 5.82 Å². The van der Waals surface area contributed by atoms with Crippen molar-refractivity contribution >= 4 is 11.6 Å². The maximum Gasteiger partial charge on any atom is 0.243 e. The fourth-order valence-corrected chi connectivity index (χ4v) is 2.97. The predicted octanol–water partition coefficient (Wildman–Crippen LogP) is 1.95. The summed E-state index contributed by atoms with van der Waals surface area (Å²) in [6, 6.07) is 9.66. The Hall–Kier alpha value is -2.25. The number of carbonyl (C=O) groups is 1. The van der Waals surface area contributed by atoms with Crippen LogP contribution in [0.3, 0.4) is 0 Å². The van der Waals surface area contributed by atoms with Crippen molar-refractivity contribution < 1.29 is 9.32 Å². The van der Waals surface area contributed by atoms with Crippen LogP contribution in [-0.2, 0) is 11.2 Å². The molecule has 1 aromatic carbocycles. The molecule has 1 aromatic heterocycles. The number of para-hydroxylation sites is 1. The van der Waals surface area contributed by atoms with Crippen LogP contribution in [0, 0.1) is 0 Å². The molecular weight excluding hydrogens is 318 g/mol. The van der Waals surface area contributed by atoms with Crippen LogP contribution < -0.4 is 5.32 Å². The molecule has 2 aromatic rings. The first-order chi connectivity index (χ1) is 12.2. The van der Waals surface area contributed by atoms with Gasteiger partial charge >= 0.3 is 0 Å². The fourth-order valence-electron chi connectivity index (χ4n) is 2.97. The lowest BCUT2D eigenvalue weighted by molar-refractivity contribution is -0.117. The predicted molar refractivity (Wildman–Crippen MR) is 95.2 cm³/mol. The van der Waals surface area contributed by atoms with Crippen molar-refractivity contribution in [1.29, 1.82) is 0 Å². The van der Waals surface area contributed by atoms with E-state index in [0.717, 1.165) is 44.1 Å². The standard InChI is InChI=1S/C18H25N5O2/c1-3-16-20-18(25-21-16)14(2)23-11-9-22(10-12-23)13-17(24)19-15-7-5-4-6-8-15/h4-8,14H,3,9-13H2,1-2H3,(H,19,24). The Morgan fingerprint density at radius 1 is 1.24 bits per heavy atom. The van der Waals surface area contributed by atoms with Gasteiger partial charge in [-0.25, -0.2) is 0 Å². The molecule has 7 nitrogen and oxygen atoms in total. The molecule has 1 N–H and O–H groups in total. The summed E-state index contributed by atoms with van der Waals surface area (Å²) in [6.45, 7) is 7.97. The summed E-state index contributed by atoms with van der Waals surface area (Å²) in [7, 11) is 0. The van der Waals surface area contributed by atoms with Gasteiger partial charge in [0, 0.05) is 38.3 Å². The van der Waals surface area contributed by atoms with Crippen molar-refractivity contribution in [3.63, 3.8) is 0 Å². The van der Waals surface area contributed by atoms with Gasteiger partial charge in [0.05, 0.1) is 12.6 Å². The zero-order valence-corrected chi connectivity index (χ0v) is 14.8. The van der Waals surface area contributed by atoms with Gasteiger partial charge in [-0.15, -0.1) is 0 Å². The number of aryl methyl sites for hydroxylation is 1. The topological polar surface area (TPSA) is 74.5 Å². The van der Waals surface area contributed by atoms with Gasteiger partial charge in [0.2, 0.25) is 11.8 Å². The summed E-state index contributed by atoms with van der Waals surface area (Å²) in [5.41, 5.74) is 0.836. The lowest BCUT2D eigenvalue weighted by Crippen LogP contribution is -2.49. The van der Waals surface area contributed by atoms with Gasteiger partial charge in [-0.05, 0) is 19.1 Å². The zero-order valence-electron chi connectivity index (χ0n) is 14.8. The van der Waals surface area contributed by atoms with E-state index in [4.69, 9.17) is 4.52 Å². The number of nitrogens with zero attached hydrogens (tertiary/aromatic N) is 4. The molecule has 25 heavy (non-hydrogen) atoms. The minimum Gasteiger partial charge on any atom is -0.338 e. The fraction of sp³-hybridized carbons (Fsp3) is 0.500. The second kappa shape index (κ2) is 8.22. The summed E-state index contributed by atoms with van der Waals surface area (Å²) in [6.07, 6.45) is 0.778. The van der Waals surface area contributed by atoms with Crippen molar-refractivity contribution in [1.82, 2.24) is 19.9 Å². The molecule has 134 valence electrons. The molecule has 1 atom stereocenters. The van der Waals surface area contributed by atoms with Crippen LogP contribution >= 0.6 is 0 Å². The van der Waals surface area contributed by atoms with Crippen molar-refractivity contribution in [3.05, 3.63) is 42.0 Å². The number of hydrogen-bond donors (Lipinski definition) is 1. The van der Waals surface area contributed by atoms with Crippen LogP contribution in [0.15, 0.2) is 34.9 Å². The van der Waals surface area contributed by atoms with Crippen molar-refractivity contribution in [2.75, 3.05) is 38.0 Å². The zero-order chi connectivity index (χ0) is 17.6. The van der Waals surface area contributed by atoms with Crippen LogP contribution in [0.1, 0.15) is 31.6 Å². The highest BCUT2D eigenvalue weighted by Crippen LogP contribution is 2.20. The average Bonchev–Trinajstić information content (AvgIpc) is 3.12. The van der Waals surface area contributed by atoms with Gasteiger partial charge in [0.1, 0.15) is 0 Å². The van der Waals surface area contributed by atoms with E-state index >= 15 is 0 Å². The Labute approximate surface area is 148 Å². The summed E-state index contributed by atoms with van der Waals surface area (Å²) >= 11 is 0. The van der Waals surface area contributed by atoms with Crippen molar-refractivity contribution in [3.8, 4) is 0 Å².